The van der Waals surface area contributed by atoms with Crippen LogP contribution in [0.25, 0.3) is 11.1 Å². The maximum absolute atomic E-state index is 13.3. The van der Waals surface area contributed by atoms with Crippen LogP contribution >= 0.6 is 23.2 Å². The maximum Gasteiger partial charge on any atom is 0.338 e. The molecular weight excluding hydrogens is 278 g/mol. The normalized spacial score (nSPS) is 10.4. The Balaban J connectivity index is 2.62. The fraction of sp³-hybridized carbons (Fsp3) is 0. The van der Waals surface area contributed by atoms with Gasteiger partial charge in [-0.15, -0.1) is 0 Å². The first-order valence-electron chi connectivity index (χ1n) is 4.98. The SMILES string of the molecule is O=C(O)c1cc(-c2cccc(Cl)c2Cl)ccc1F. The third-order valence-electron chi connectivity index (χ3n) is 2.46. The lowest BCUT2D eigenvalue weighted by molar-refractivity contribution is 0.0692. The molecule has 0 heterocycles. The molecule has 0 bridgehead atoms. The fourth-order valence-corrected chi connectivity index (χ4v) is 1.99. The minimum atomic E-state index is -1.33. The summed E-state index contributed by atoms with van der Waals surface area (Å²) < 4.78 is 13.3. The van der Waals surface area contributed by atoms with Crippen molar-refractivity contribution >= 4 is 29.2 Å². The van der Waals surface area contributed by atoms with Crippen LogP contribution in [-0.4, -0.2) is 11.1 Å². The van der Waals surface area contributed by atoms with E-state index in [1.807, 2.05) is 0 Å². The summed E-state index contributed by atoms with van der Waals surface area (Å²) in [6.45, 7) is 0. The molecule has 0 aromatic heterocycles. The van der Waals surface area contributed by atoms with E-state index in [0.717, 1.165) is 6.07 Å². The molecule has 0 aliphatic heterocycles. The number of aromatic carboxylic acids is 1. The van der Waals surface area contributed by atoms with E-state index in [2.05, 4.69) is 0 Å². The monoisotopic (exact) mass is 284 g/mol. The van der Waals surface area contributed by atoms with Crippen molar-refractivity contribution < 1.29 is 14.3 Å². The van der Waals surface area contributed by atoms with E-state index >= 15 is 0 Å². The van der Waals surface area contributed by atoms with Gasteiger partial charge < -0.3 is 5.11 Å². The van der Waals surface area contributed by atoms with Crippen molar-refractivity contribution in [1.29, 1.82) is 0 Å². The first kappa shape index (κ1) is 12.9. The van der Waals surface area contributed by atoms with Crippen LogP contribution < -0.4 is 0 Å². The molecular formula is C13H7Cl2FO2. The summed E-state index contributed by atoms with van der Waals surface area (Å²) in [5, 5.41) is 9.53. The second kappa shape index (κ2) is 4.96. The first-order valence-corrected chi connectivity index (χ1v) is 5.73. The van der Waals surface area contributed by atoms with Crippen LogP contribution in [0.15, 0.2) is 36.4 Å². The van der Waals surface area contributed by atoms with Crippen molar-refractivity contribution in [3.8, 4) is 11.1 Å². The Morgan fingerprint density at radius 2 is 1.89 bits per heavy atom. The lowest BCUT2D eigenvalue weighted by Crippen LogP contribution is -2.00. The number of halogens is 3. The van der Waals surface area contributed by atoms with E-state index in [0.29, 0.717) is 21.2 Å². The van der Waals surface area contributed by atoms with Crippen molar-refractivity contribution in [3.63, 3.8) is 0 Å². The average Bonchev–Trinajstić information content (AvgIpc) is 2.33. The largest absolute Gasteiger partial charge is 0.478 e. The lowest BCUT2D eigenvalue weighted by Gasteiger charge is -2.07. The molecule has 1 N–H and O–H groups in total. The van der Waals surface area contributed by atoms with Gasteiger partial charge in [0.15, 0.2) is 0 Å². The van der Waals surface area contributed by atoms with Crippen LogP contribution in [0.2, 0.25) is 10.0 Å². The van der Waals surface area contributed by atoms with Crippen LogP contribution in [0.4, 0.5) is 4.39 Å². The molecule has 0 unspecified atom stereocenters. The van der Waals surface area contributed by atoms with Crippen molar-refractivity contribution in [2.75, 3.05) is 0 Å². The van der Waals surface area contributed by atoms with E-state index in [1.165, 1.54) is 12.1 Å². The quantitative estimate of drug-likeness (QED) is 0.882. The van der Waals surface area contributed by atoms with Crippen molar-refractivity contribution in [2.45, 2.75) is 0 Å². The zero-order valence-corrected chi connectivity index (χ0v) is 10.5. The highest BCUT2D eigenvalue weighted by Gasteiger charge is 2.13. The molecule has 0 atom stereocenters. The second-order valence-corrected chi connectivity index (χ2v) is 4.39. The average molecular weight is 285 g/mol. The van der Waals surface area contributed by atoms with Crippen molar-refractivity contribution in [1.82, 2.24) is 0 Å². The minimum Gasteiger partial charge on any atom is -0.478 e. The molecule has 2 aromatic rings. The molecule has 0 amide bonds. The van der Waals surface area contributed by atoms with Gasteiger partial charge in [0.2, 0.25) is 0 Å². The summed E-state index contributed by atoms with van der Waals surface area (Å²) in [6.07, 6.45) is 0. The molecule has 18 heavy (non-hydrogen) atoms. The number of benzene rings is 2. The zero-order valence-electron chi connectivity index (χ0n) is 8.95. The summed E-state index contributed by atoms with van der Waals surface area (Å²) >= 11 is 11.9. The third kappa shape index (κ3) is 2.33. The van der Waals surface area contributed by atoms with Gasteiger partial charge in [0.1, 0.15) is 5.82 Å². The number of carbonyl (C=O) groups is 1. The number of hydrogen-bond donors (Lipinski definition) is 1. The van der Waals surface area contributed by atoms with Crippen molar-refractivity contribution in [3.05, 3.63) is 57.8 Å². The summed E-state index contributed by atoms with van der Waals surface area (Å²) in [5.41, 5.74) is 0.663. The number of rotatable bonds is 2. The highest BCUT2D eigenvalue weighted by molar-refractivity contribution is 6.43. The maximum atomic E-state index is 13.3. The van der Waals surface area contributed by atoms with Gasteiger partial charge in [-0.1, -0.05) is 41.4 Å². The number of carboxylic acid groups (broad SMARTS) is 1. The second-order valence-electron chi connectivity index (χ2n) is 3.60. The topological polar surface area (TPSA) is 37.3 Å². The van der Waals surface area contributed by atoms with Gasteiger partial charge in [-0.3, -0.25) is 0 Å². The van der Waals surface area contributed by atoms with Gasteiger partial charge in [0.05, 0.1) is 15.6 Å². The molecule has 0 saturated heterocycles. The molecule has 2 aromatic carbocycles. The number of hydrogen-bond acceptors (Lipinski definition) is 1. The predicted molar refractivity (Wildman–Crippen MR) is 68.8 cm³/mol. The molecule has 92 valence electrons. The zero-order chi connectivity index (χ0) is 13.3. The molecule has 2 rings (SSSR count). The van der Waals surface area contributed by atoms with E-state index in [9.17, 15) is 9.18 Å². The Hall–Kier alpha value is -1.58. The smallest absolute Gasteiger partial charge is 0.338 e. The highest BCUT2D eigenvalue weighted by atomic mass is 35.5. The van der Waals surface area contributed by atoms with E-state index in [-0.39, 0.29) is 0 Å². The first-order chi connectivity index (χ1) is 8.50. The molecule has 5 heteroatoms. The van der Waals surface area contributed by atoms with Gasteiger partial charge in [0, 0.05) is 5.56 Å². The van der Waals surface area contributed by atoms with Crippen LogP contribution in [-0.2, 0) is 0 Å². The number of carboxylic acids is 1. The lowest BCUT2D eigenvalue weighted by atomic mass is 10.0. The predicted octanol–water partition coefficient (Wildman–Crippen LogP) is 4.50. The summed E-state index contributed by atoms with van der Waals surface area (Å²) in [5.74, 6) is -2.11. The summed E-state index contributed by atoms with van der Waals surface area (Å²) in [4.78, 5) is 10.9. The summed E-state index contributed by atoms with van der Waals surface area (Å²) in [7, 11) is 0. The molecule has 0 radical (unpaired) electrons. The van der Waals surface area contributed by atoms with Gasteiger partial charge in [-0.25, -0.2) is 9.18 Å². The van der Waals surface area contributed by atoms with Crippen LogP contribution in [0.3, 0.4) is 0 Å². The van der Waals surface area contributed by atoms with Crippen LogP contribution in [0, 0.1) is 5.82 Å². The Kier molecular flexibility index (Phi) is 3.55. The molecule has 0 aliphatic carbocycles. The molecule has 0 aliphatic rings. The standard InChI is InChI=1S/C13H7Cl2FO2/c14-10-3-1-2-8(12(10)15)7-4-5-11(16)9(6-7)13(17)18/h1-6H,(H,17,18). The third-order valence-corrected chi connectivity index (χ3v) is 3.28. The van der Waals surface area contributed by atoms with Crippen molar-refractivity contribution in [2.24, 2.45) is 0 Å². The van der Waals surface area contributed by atoms with E-state index in [4.69, 9.17) is 28.3 Å². The van der Waals surface area contributed by atoms with Crippen LogP contribution in [0.1, 0.15) is 10.4 Å². The van der Waals surface area contributed by atoms with Crippen LogP contribution in [0.5, 0.6) is 0 Å². The van der Waals surface area contributed by atoms with E-state index < -0.39 is 17.3 Å². The van der Waals surface area contributed by atoms with Gasteiger partial charge in [-0.05, 0) is 23.8 Å². The Morgan fingerprint density at radius 1 is 1.17 bits per heavy atom. The fourth-order valence-electron chi connectivity index (χ4n) is 1.58. The van der Waals surface area contributed by atoms with E-state index in [1.54, 1.807) is 18.2 Å². The van der Waals surface area contributed by atoms with Gasteiger partial charge in [0.25, 0.3) is 0 Å². The molecule has 0 fully saturated rings. The van der Waals surface area contributed by atoms with Gasteiger partial charge >= 0.3 is 5.97 Å². The molecule has 0 saturated carbocycles. The van der Waals surface area contributed by atoms with Gasteiger partial charge in [-0.2, -0.15) is 0 Å². The Bertz CT molecular complexity index is 626. The summed E-state index contributed by atoms with van der Waals surface area (Å²) in [6, 6.07) is 8.78. The molecule has 0 spiro atoms. The highest BCUT2D eigenvalue weighted by Crippen LogP contribution is 2.34. The molecule has 2 nitrogen and oxygen atoms in total. The Morgan fingerprint density at radius 3 is 2.56 bits per heavy atom. The minimum absolute atomic E-state index is 0.308. The Labute approximate surface area is 113 Å².